The van der Waals surface area contributed by atoms with Crippen LogP contribution in [0.1, 0.15) is 12.6 Å². The van der Waals surface area contributed by atoms with Crippen LogP contribution in [0.15, 0.2) is 30.3 Å². The minimum atomic E-state index is -0.349. The second-order valence-corrected chi connectivity index (χ2v) is 3.38. The van der Waals surface area contributed by atoms with E-state index in [-0.39, 0.29) is 5.97 Å². The van der Waals surface area contributed by atoms with Crippen molar-refractivity contribution in [2.24, 2.45) is 0 Å². The van der Waals surface area contributed by atoms with Gasteiger partial charge >= 0.3 is 5.97 Å². The molecule has 0 saturated carbocycles. The van der Waals surface area contributed by atoms with Crippen molar-refractivity contribution >= 4 is 16.7 Å². The fourth-order valence-electron chi connectivity index (χ4n) is 1.51. The molecule has 0 atom stereocenters. The van der Waals surface area contributed by atoms with Gasteiger partial charge in [0.25, 0.3) is 0 Å². The molecule has 0 unspecified atom stereocenters. The van der Waals surface area contributed by atoms with E-state index < -0.39 is 0 Å². The van der Waals surface area contributed by atoms with E-state index >= 15 is 0 Å². The summed E-state index contributed by atoms with van der Waals surface area (Å²) in [4.78, 5) is 15.1. The van der Waals surface area contributed by atoms with E-state index in [1.54, 1.807) is 0 Å². The first-order chi connectivity index (χ1) is 7.16. The number of carbonyl (C=O) groups excluding carboxylic acids is 1. The molecule has 0 aliphatic carbocycles. The summed E-state index contributed by atoms with van der Waals surface area (Å²) in [5, 5.41) is 1.89. The lowest BCUT2D eigenvalue weighted by Crippen LogP contribution is -2.04. The average molecular weight is 201 g/mol. The van der Waals surface area contributed by atoms with E-state index in [1.807, 2.05) is 37.3 Å². The highest BCUT2D eigenvalue weighted by atomic mass is 16.5. The van der Waals surface area contributed by atoms with Crippen LogP contribution in [-0.2, 0) is 4.79 Å². The molecule has 0 bridgehead atoms. The molecule has 0 spiro atoms. The predicted octanol–water partition coefficient (Wildman–Crippen LogP) is 2.47. The molecule has 2 aromatic rings. The van der Waals surface area contributed by atoms with Gasteiger partial charge in [-0.2, -0.15) is 0 Å². The van der Waals surface area contributed by atoms with Gasteiger partial charge in [0.15, 0.2) is 0 Å². The second kappa shape index (κ2) is 3.69. The fourth-order valence-corrected chi connectivity index (χ4v) is 1.51. The Morgan fingerprint density at radius 1 is 1.33 bits per heavy atom. The third-order valence-corrected chi connectivity index (χ3v) is 2.07. The number of pyridine rings is 1. The summed E-state index contributed by atoms with van der Waals surface area (Å²) >= 11 is 0. The quantitative estimate of drug-likeness (QED) is 0.665. The lowest BCUT2D eigenvalue weighted by atomic mass is 10.1. The molecule has 0 radical (unpaired) electrons. The summed E-state index contributed by atoms with van der Waals surface area (Å²) in [6.45, 7) is 3.25. The topological polar surface area (TPSA) is 39.2 Å². The van der Waals surface area contributed by atoms with E-state index in [0.717, 1.165) is 16.5 Å². The smallest absolute Gasteiger partial charge is 0.309 e. The van der Waals surface area contributed by atoms with Crippen LogP contribution >= 0.6 is 0 Å². The van der Waals surface area contributed by atoms with E-state index in [4.69, 9.17) is 4.74 Å². The van der Waals surface area contributed by atoms with Crippen molar-refractivity contribution in [3.05, 3.63) is 36.0 Å². The fraction of sp³-hybridized carbons (Fsp3) is 0.167. The molecule has 3 nitrogen and oxygen atoms in total. The van der Waals surface area contributed by atoms with Gasteiger partial charge in [0.2, 0.25) is 5.88 Å². The minimum absolute atomic E-state index is 0.349. The molecule has 15 heavy (non-hydrogen) atoms. The number of ether oxygens (including phenoxy) is 1. The number of hydrogen-bond acceptors (Lipinski definition) is 3. The van der Waals surface area contributed by atoms with E-state index in [9.17, 15) is 4.79 Å². The van der Waals surface area contributed by atoms with Crippen LogP contribution in [0.25, 0.3) is 10.8 Å². The molecule has 0 saturated heterocycles. The third kappa shape index (κ3) is 1.96. The standard InChI is InChI=1S/C12H11NO2/c1-8-7-10-5-3-4-6-11(10)12(13-8)15-9(2)14/h3-7H,1-2H3. The predicted molar refractivity (Wildman–Crippen MR) is 57.8 cm³/mol. The summed E-state index contributed by atoms with van der Waals surface area (Å²) in [6.07, 6.45) is 0. The zero-order valence-corrected chi connectivity index (χ0v) is 8.65. The Labute approximate surface area is 87.7 Å². The Balaban J connectivity index is 2.65. The largest absolute Gasteiger partial charge is 0.407 e. The summed E-state index contributed by atoms with van der Waals surface area (Å²) in [6, 6.07) is 9.66. The lowest BCUT2D eigenvalue weighted by Gasteiger charge is -2.05. The number of aryl methyl sites for hydroxylation is 1. The summed E-state index contributed by atoms with van der Waals surface area (Å²) < 4.78 is 5.06. The SMILES string of the molecule is CC(=O)Oc1nc(C)cc2ccccc12. The molecule has 0 fully saturated rings. The Kier molecular flexibility index (Phi) is 2.37. The molecule has 1 aromatic heterocycles. The molecule has 0 aliphatic rings. The number of rotatable bonds is 1. The first kappa shape index (κ1) is 9.65. The van der Waals surface area contributed by atoms with Crippen molar-refractivity contribution in [2.45, 2.75) is 13.8 Å². The normalized spacial score (nSPS) is 10.3. The first-order valence-corrected chi connectivity index (χ1v) is 4.71. The first-order valence-electron chi connectivity index (χ1n) is 4.71. The van der Waals surface area contributed by atoms with E-state index in [1.165, 1.54) is 6.92 Å². The van der Waals surface area contributed by atoms with Gasteiger partial charge in [-0.15, -0.1) is 0 Å². The van der Waals surface area contributed by atoms with Crippen LogP contribution in [0.3, 0.4) is 0 Å². The average Bonchev–Trinajstić information content (AvgIpc) is 2.16. The van der Waals surface area contributed by atoms with Crippen molar-refractivity contribution < 1.29 is 9.53 Å². The molecule has 1 aromatic carbocycles. The van der Waals surface area contributed by atoms with Crippen LogP contribution in [0.2, 0.25) is 0 Å². The summed E-state index contributed by atoms with van der Waals surface area (Å²) in [5.41, 5.74) is 0.838. The second-order valence-electron chi connectivity index (χ2n) is 3.38. The van der Waals surface area contributed by atoms with Crippen LogP contribution in [-0.4, -0.2) is 11.0 Å². The molecule has 1 heterocycles. The highest BCUT2D eigenvalue weighted by Crippen LogP contribution is 2.24. The van der Waals surface area contributed by atoms with Crippen LogP contribution in [0.4, 0.5) is 0 Å². The molecule has 0 aliphatic heterocycles. The van der Waals surface area contributed by atoms with E-state index in [2.05, 4.69) is 4.98 Å². The molecule has 3 heteroatoms. The number of fused-ring (bicyclic) bond motifs is 1. The van der Waals surface area contributed by atoms with Gasteiger partial charge in [-0.1, -0.05) is 18.2 Å². The number of carbonyl (C=O) groups is 1. The highest BCUT2D eigenvalue weighted by Gasteiger charge is 2.06. The minimum Gasteiger partial charge on any atom is -0.407 e. The zero-order valence-electron chi connectivity index (χ0n) is 8.65. The Morgan fingerprint density at radius 3 is 2.80 bits per heavy atom. The number of esters is 1. The van der Waals surface area contributed by atoms with Gasteiger partial charge in [-0.05, 0) is 24.4 Å². The summed E-state index contributed by atoms with van der Waals surface area (Å²) in [7, 11) is 0. The number of nitrogens with zero attached hydrogens (tertiary/aromatic N) is 1. The van der Waals surface area contributed by atoms with Gasteiger partial charge in [0.1, 0.15) is 0 Å². The summed E-state index contributed by atoms with van der Waals surface area (Å²) in [5.74, 6) is 0.0383. The van der Waals surface area contributed by atoms with Crippen molar-refractivity contribution in [1.29, 1.82) is 0 Å². The van der Waals surface area contributed by atoms with Gasteiger partial charge in [-0.25, -0.2) is 4.98 Å². The molecule has 0 amide bonds. The van der Waals surface area contributed by atoms with Crippen molar-refractivity contribution in [3.63, 3.8) is 0 Å². The maximum Gasteiger partial charge on any atom is 0.309 e. The van der Waals surface area contributed by atoms with E-state index in [0.29, 0.717) is 5.88 Å². The van der Waals surface area contributed by atoms with Crippen molar-refractivity contribution in [3.8, 4) is 5.88 Å². The Bertz CT molecular complexity index is 520. The zero-order chi connectivity index (χ0) is 10.8. The van der Waals surface area contributed by atoms with Gasteiger partial charge in [0.05, 0.1) is 0 Å². The van der Waals surface area contributed by atoms with Crippen LogP contribution in [0, 0.1) is 6.92 Å². The number of benzene rings is 1. The molecule has 2 rings (SSSR count). The molecular formula is C12H11NO2. The van der Waals surface area contributed by atoms with Crippen molar-refractivity contribution in [1.82, 2.24) is 4.98 Å². The maximum atomic E-state index is 10.9. The lowest BCUT2D eigenvalue weighted by molar-refractivity contribution is -0.132. The third-order valence-electron chi connectivity index (χ3n) is 2.07. The number of aromatic nitrogens is 1. The van der Waals surface area contributed by atoms with Crippen LogP contribution in [0.5, 0.6) is 5.88 Å². The van der Waals surface area contributed by atoms with Crippen molar-refractivity contribution in [2.75, 3.05) is 0 Å². The molecular weight excluding hydrogens is 190 g/mol. The highest BCUT2D eigenvalue weighted by molar-refractivity contribution is 5.88. The molecule has 76 valence electrons. The van der Waals surface area contributed by atoms with Crippen LogP contribution < -0.4 is 4.74 Å². The Morgan fingerprint density at radius 2 is 2.07 bits per heavy atom. The number of hydrogen-bond donors (Lipinski definition) is 0. The van der Waals surface area contributed by atoms with Gasteiger partial charge < -0.3 is 4.74 Å². The van der Waals surface area contributed by atoms with Gasteiger partial charge in [0, 0.05) is 18.0 Å². The maximum absolute atomic E-state index is 10.9. The Hall–Kier alpha value is -1.90. The molecule has 0 N–H and O–H groups in total. The van der Waals surface area contributed by atoms with Gasteiger partial charge in [-0.3, -0.25) is 4.79 Å². The monoisotopic (exact) mass is 201 g/mol.